The highest BCUT2D eigenvalue weighted by Gasteiger charge is 2.20. The molecule has 0 spiro atoms. The minimum absolute atomic E-state index is 0.110. The van der Waals surface area contributed by atoms with Gasteiger partial charge in [0, 0.05) is 25.2 Å². The molecule has 1 amide bonds. The number of non-ortho nitro benzene ring substituents is 1. The van der Waals surface area contributed by atoms with Gasteiger partial charge in [0.05, 0.1) is 10.5 Å². The number of nitro groups is 1. The Morgan fingerprint density at radius 1 is 1.33 bits per heavy atom. The van der Waals surface area contributed by atoms with Crippen LogP contribution in [0.15, 0.2) is 18.2 Å². The van der Waals surface area contributed by atoms with Crippen LogP contribution in [0.3, 0.4) is 0 Å². The maximum Gasteiger partial charge on any atom is 0.270 e. The summed E-state index contributed by atoms with van der Waals surface area (Å²) < 4.78 is 5.37. The van der Waals surface area contributed by atoms with Gasteiger partial charge < -0.3 is 9.64 Å². The number of benzene rings is 1. The van der Waals surface area contributed by atoms with Crippen molar-refractivity contribution < 1.29 is 19.2 Å². The summed E-state index contributed by atoms with van der Waals surface area (Å²) in [5.41, 5.74) is -0.0724. The molecule has 1 fully saturated rings. The van der Waals surface area contributed by atoms with E-state index in [1.54, 1.807) is 4.90 Å². The lowest BCUT2D eigenvalue weighted by Gasteiger charge is -2.16. The van der Waals surface area contributed by atoms with Crippen molar-refractivity contribution >= 4 is 17.4 Å². The number of hydrogen-bond donors (Lipinski definition) is 0. The quantitative estimate of drug-likeness (QED) is 0.469. The van der Waals surface area contributed by atoms with Crippen molar-refractivity contribution in [2.24, 2.45) is 0 Å². The summed E-state index contributed by atoms with van der Waals surface area (Å²) >= 11 is 0. The zero-order valence-electron chi connectivity index (χ0n) is 11.7. The molecule has 0 unspecified atom stereocenters. The lowest BCUT2D eigenvalue weighted by molar-refractivity contribution is -0.384. The molecule has 21 heavy (non-hydrogen) atoms. The number of nitrogens with zero attached hydrogens (tertiary/aromatic N) is 2. The number of carbonyl (C=O) groups excluding carboxylic acids is 2. The maximum atomic E-state index is 11.9. The van der Waals surface area contributed by atoms with Crippen LogP contribution >= 0.6 is 0 Å². The number of carbonyl (C=O) groups is 2. The van der Waals surface area contributed by atoms with E-state index in [-0.39, 0.29) is 35.3 Å². The van der Waals surface area contributed by atoms with Crippen LogP contribution in [-0.2, 0) is 4.79 Å². The van der Waals surface area contributed by atoms with E-state index in [0.717, 1.165) is 32.0 Å². The summed E-state index contributed by atoms with van der Waals surface area (Å²) in [4.78, 5) is 35.3. The average Bonchev–Trinajstić information content (AvgIpc) is 2.98. The van der Waals surface area contributed by atoms with Gasteiger partial charge in [-0.25, -0.2) is 0 Å². The van der Waals surface area contributed by atoms with E-state index in [4.69, 9.17) is 4.74 Å². The summed E-state index contributed by atoms with van der Waals surface area (Å²) in [5.74, 6) is -0.289. The number of likely N-dealkylation sites (tertiary alicyclic amines) is 1. The topological polar surface area (TPSA) is 89.7 Å². The molecule has 2 rings (SSSR count). The second kappa shape index (κ2) is 6.34. The molecule has 1 aromatic carbocycles. The lowest BCUT2D eigenvalue weighted by Crippen LogP contribution is -2.32. The highest BCUT2D eigenvalue weighted by Crippen LogP contribution is 2.24. The molecule has 1 saturated heterocycles. The van der Waals surface area contributed by atoms with Crippen LogP contribution in [-0.4, -0.2) is 41.2 Å². The first-order valence-corrected chi connectivity index (χ1v) is 6.69. The van der Waals surface area contributed by atoms with Crippen LogP contribution in [0, 0.1) is 10.1 Å². The molecule has 0 radical (unpaired) electrons. The minimum atomic E-state index is -0.578. The van der Waals surface area contributed by atoms with Crippen LogP contribution in [0.1, 0.15) is 30.1 Å². The third-order valence-electron chi connectivity index (χ3n) is 3.36. The molecule has 0 aromatic heterocycles. The molecule has 0 saturated carbocycles. The maximum absolute atomic E-state index is 11.9. The Labute approximate surface area is 121 Å². The van der Waals surface area contributed by atoms with Gasteiger partial charge in [0.1, 0.15) is 5.75 Å². The summed E-state index contributed by atoms with van der Waals surface area (Å²) in [6.45, 7) is 2.58. The average molecular weight is 292 g/mol. The van der Waals surface area contributed by atoms with Gasteiger partial charge in [-0.1, -0.05) is 0 Å². The second-order valence-electron chi connectivity index (χ2n) is 4.87. The van der Waals surface area contributed by atoms with E-state index in [0.29, 0.717) is 0 Å². The highest BCUT2D eigenvalue weighted by molar-refractivity contribution is 5.97. The van der Waals surface area contributed by atoms with Crippen molar-refractivity contribution in [3.8, 4) is 5.75 Å². The Balaban J connectivity index is 2.10. The Morgan fingerprint density at radius 2 is 2.00 bits per heavy atom. The molecule has 1 aromatic rings. The van der Waals surface area contributed by atoms with Gasteiger partial charge in [-0.15, -0.1) is 0 Å². The molecular formula is C14H16N2O5. The SMILES string of the molecule is CC(=O)c1cc([N+](=O)[O-])ccc1OCC(=O)N1CCCC1. The molecule has 1 aliphatic heterocycles. The molecule has 1 aliphatic rings. The Kier molecular flexibility index (Phi) is 4.52. The van der Waals surface area contributed by atoms with E-state index in [1.807, 2.05) is 0 Å². The van der Waals surface area contributed by atoms with Gasteiger partial charge in [-0.05, 0) is 25.8 Å². The van der Waals surface area contributed by atoms with Gasteiger partial charge in [-0.3, -0.25) is 19.7 Å². The van der Waals surface area contributed by atoms with Gasteiger partial charge >= 0.3 is 0 Å². The van der Waals surface area contributed by atoms with E-state index in [9.17, 15) is 19.7 Å². The summed E-state index contributed by atoms with van der Waals surface area (Å²) in [7, 11) is 0. The van der Waals surface area contributed by atoms with Crippen molar-refractivity contribution in [1.82, 2.24) is 4.90 Å². The zero-order valence-corrected chi connectivity index (χ0v) is 11.7. The van der Waals surface area contributed by atoms with Crippen LogP contribution in [0.25, 0.3) is 0 Å². The molecular weight excluding hydrogens is 276 g/mol. The predicted molar refractivity (Wildman–Crippen MR) is 74.4 cm³/mol. The number of ketones is 1. The van der Waals surface area contributed by atoms with Crippen molar-refractivity contribution in [2.45, 2.75) is 19.8 Å². The van der Waals surface area contributed by atoms with Gasteiger partial charge in [0.25, 0.3) is 11.6 Å². The van der Waals surface area contributed by atoms with Crippen molar-refractivity contribution in [1.29, 1.82) is 0 Å². The fraction of sp³-hybridized carbons (Fsp3) is 0.429. The van der Waals surface area contributed by atoms with Crippen molar-refractivity contribution in [3.05, 3.63) is 33.9 Å². The highest BCUT2D eigenvalue weighted by atomic mass is 16.6. The van der Waals surface area contributed by atoms with Crippen LogP contribution in [0.5, 0.6) is 5.75 Å². The number of ether oxygens (including phenoxy) is 1. The fourth-order valence-corrected chi connectivity index (χ4v) is 2.23. The van der Waals surface area contributed by atoms with E-state index in [2.05, 4.69) is 0 Å². The smallest absolute Gasteiger partial charge is 0.270 e. The number of hydrogen-bond acceptors (Lipinski definition) is 5. The third-order valence-corrected chi connectivity index (χ3v) is 3.36. The first kappa shape index (κ1) is 15.0. The molecule has 0 aliphatic carbocycles. The predicted octanol–water partition coefficient (Wildman–Crippen LogP) is 1.80. The van der Waals surface area contributed by atoms with E-state index in [1.165, 1.54) is 19.1 Å². The summed E-state index contributed by atoms with van der Waals surface area (Å²) in [5, 5.41) is 10.7. The van der Waals surface area contributed by atoms with Gasteiger partial charge in [-0.2, -0.15) is 0 Å². The summed E-state index contributed by atoms with van der Waals surface area (Å²) in [6.07, 6.45) is 1.98. The molecule has 1 heterocycles. The first-order chi connectivity index (χ1) is 9.99. The van der Waals surface area contributed by atoms with Crippen LogP contribution in [0.4, 0.5) is 5.69 Å². The Morgan fingerprint density at radius 3 is 2.57 bits per heavy atom. The molecule has 0 atom stereocenters. The summed E-state index contributed by atoms with van der Waals surface area (Å²) in [6, 6.07) is 3.77. The fourth-order valence-electron chi connectivity index (χ4n) is 2.23. The standard InChI is InChI=1S/C14H16N2O5/c1-10(17)12-8-11(16(19)20)4-5-13(12)21-9-14(18)15-6-2-3-7-15/h4-5,8H,2-3,6-7,9H2,1H3. The molecule has 7 nitrogen and oxygen atoms in total. The minimum Gasteiger partial charge on any atom is -0.483 e. The van der Waals surface area contributed by atoms with Gasteiger partial charge in [0.2, 0.25) is 0 Å². The second-order valence-corrected chi connectivity index (χ2v) is 4.87. The zero-order chi connectivity index (χ0) is 15.4. The normalized spacial score (nSPS) is 14.0. The first-order valence-electron chi connectivity index (χ1n) is 6.69. The molecule has 0 N–H and O–H groups in total. The molecule has 0 bridgehead atoms. The lowest BCUT2D eigenvalue weighted by atomic mass is 10.1. The third kappa shape index (κ3) is 3.56. The Hall–Kier alpha value is -2.44. The van der Waals surface area contributed by atoms with Crippen LogP contribution in [0.2, 0.25) is 0 Å². The number of amides is 1. The molecule has 112 valence electrons. The molecule has 7 heteroatoms. The monoisotopic (exact) mass is 292 g/mol. The number of Topliss-reactive ketones (excluding diaryl/α,β-unsaturated/α-hetero) is 1. The van der Waals surface area contributed by atoms with Gasteiger partial charge in [0.15, 0.2) is 12.4 Å². The van der Waals surface area contributed by atoms with Crippen molar-refractivity contribution in [2.75, 3.05) is 19.7 Å². The van der Waals surface area contributed by atoms with E-state index < -0.39 is 4.92 Å². The number of nitro benzene ring substituents is 1. The Bertz CT molecular complexity index is 579. The van der Waals surface area contributed by atoms with E-state index >= 15 is 0 Å². The van der Waals surface area contributed by atoms with Crippen LogP contribution < -0.4 is 4.74 Å². The van der Waals surface area contributed by atoms with Crippen molar-refractivity contribution in [3.63, 3.8) is 0 Å². The number of rotatable bonds is 5. The largest absolute Gasteiger partial charge is 0.483 e.